The third-order valence-corrected chi connectivity index (χ3v) is 7.84. The van der Waals surface area contributed by atoms with Gasteiger partial charge >= 0.3 is 0 Å². The van der Waals surface area contributed by atoms with Crippen molar-refractivity contribution in [3.8, 4) is 5.75 Å². The lowest BCUT2D eigenvalue weighted by Gasteiger charge is -2.52. The number of rotatable bonds is 6. The molecule has 3 aliphatic rings. The van der Waals surface area contributed by atoms with Crippen LogP contribution < -0.4 is 15.4 Å². The zero-order chi connectivity index (χ0) is 24.5. The van der Waals surface area contributed by atoms with Crippen molar-refractivity contribution < 1.29 is 4.74 Å². The van der Waals surface area contributed by atoms with Crippen LogP contribution in [0.3, 0.4) is 0 Å². The number of piperidine rings is 3. The maximum Gasteiger partial charge on any atom is 0.171 e. The summed E-state index contributed by atoms with van der Waals surface area (Å²) in [5.74, 6) is 2.06. The molecule has 5 atom stereocenters. The summed E-state index contributed by atoms with van der Waals surface area (Å²) < 4.78 is 5.56. The summed E-state index contributed by atoms with van der Waals surface area (Å²) in [4.78, 5) is 7.25. The minimum atomic E-state index is 0.0204. The first-order chi connectivity index (χ1) is 16.9. The van der Waals surface area contributed by atoms with E-state index >= 15 is 0 Å². The van der Waals surface area contributed by atoms with Crippen molar-refractivity contribution in [3.05, 3.63) is 78.0 Å². The molecule has 0 amide bonds. The first kappa shape index (κ1) is 23.8. The summed E-state index contributed by atoms with van der Waals surface area (Å²) in [5.41, 5.74) is 5.60. The maximum absolute atomic E-state index is 5.87. The molecule has 2 bridgehead atoms. The number of nitrogens with zero attached hydrogens (tertiary/aromatic N) is 2. The van der Waals surface area contributed by atoms with Gasteiger partial charge in [0.05, 0.1) is 18.7 Å². The first-order valence-electron chi connectivity index (χ1n) is 12.4. The number of hydrogen-bond donors (Lipinski definition) is 2. The highest BCUT2D eigenvalue weighted by atomic mass is 32.1. The van der Waals surface area contributed by atoms with Crippen LogP contribution in [0.2, 0.25) is 0 Å². The van der Waals surface area contributed by atoms with Crippen LogP contribution in [0.25, 0.3) is 10.9 Å². The average Bonchev–Trinajstić information content (AvgIpc) is 2.86. The summed E-state index contributed by atoms with van der Waals surface area (Å²) >= 11 is 5.87. The van der Waals surface area contributed by atoms with Crippen LogP contribution in [0.5, 0.6) is 5.75 Å². The van der Waals surface area contributed by atoms with E-state index in [1.165, 1.54) is 23.1 Å². The van der Waals surface area contributed by atoms with Gasteiger partial charge in [-0.15, -0.1) is 6.58 Å². The number of aromatic nitrogens is 1. The Labute approximate surface area is 213 Å². The van der Waals surface area contributed by atoms with E-state index in [1.54, 1.807) is 7.11 Å². The number of fused-ring (bicyclic) bond motifs is 4. The Hall–Kier alpha value is -2.96. The molecule has 0 radical (unpaired) electrons. The van der Waals surface area contributed by atoms with Crippen LogP contribution in [0.15, 0.2) is 61.3 Å². The summed E-state index contributed by atoms with van der Waals surface area (Å²) in [7, 11) is 1.71. The lowest BCUT2D eigenvalue weighted by molar-refractivity contribution is 0.00443. The Morgan fingerprint density at radius 2 is 2.00 bits per heavy atom. The topological polar surface area (TPSA) is 49.4 Å². The fourth-order valence-electron chi connectivity index (χ4n) is 6.01. The zero-order valence-corrected chi connectivity index (χ0v) is 21.6. The van der Waals surface area contributed by atoms with Crippen LogP contribution in [0.4, 0.5) is 5.69 Å². The Morgan fingerprint density at radius 1 is 1.20 bits per heavy atom. The minimum absolute atomic E-state index is 0.0204. The van der Waals surface area contributed by atoms with E-state index in [0.29, 0.717) is 23.0 Å². The highest BCUT2D eigenvalue weighted by molar-refractivity contribution is 7.80. The van der Waals surface area contributed by atoms with Crippen molar-refractivity contribution in [1.82, 2.24) is 15.2 Å². The molecule has 182 valence electrons. The van der Waals surface area contributed by atoms with E-state index in [9.17, 15) is 0 Å². The molecule has 3 aliphatic heterocycles. The Kier molecular flexibility index (Phi) is 6.76. The van der Waals surface area contributed by atoms with Crippen molar-refractivity contribution in [2.45, 2.75) is 38.8 Å². The molecule has 0 saturated carbocycles. The molecule has 4 heterocycles. The second-order valence-corrected chi connectivity index (χ2v) is 10.4. The van der Waals surface area contributed by atoms with Gasteiger partial charge in [0.25, 0.3) is 0 Å². The van der Waals surface area contributed by atoms with Gasteiger partial charge in [0.15, 0.2) is 5.11 Å². The van der Waals surface area contributed by atoms with Gasteiger partial charge in [-0.05, 0) is 110 Å². The summed E-state index contributed by atoms with van der Waals surface area (Å²) in [6.45, 7) is 10.5. The number of ether oxygens (including phenoxy) is 1. The molecule has 6 rings (SSSR count). The molecule has 3 saturated heterocycles. The van der Waals surface area contributed by atoms with Gasteiger partial charge in [0.1, 0.15) is 5.75 Å². The van der Waals surface area contributed by atoms with Gasteiger partial charge in [-0.3, -0.25) is 9.88 Å². The maximum atomic E-state index is 5.87. The number of methoxy groups -OCH3 is 1. The fraction of sp³-hybridized carbons (Fsp3) is 0.379. The lowest BCUT2D eigenvalue weighted by Crippen LogP contribution is -2.57. The van der Waals surface area contributed by atoms with E-state index in [-0.39, 0.29) is 6.04 Å². The van der Waals surface area contributed by atoms with Crippen molar-refractivity contribution in [2.75, 3.05) is 25.5 Å². The third kappa shape index (κ3) is 4.91. The summed E-state index contributed by atoms with van der Waals surface area (Å²) in [5, 5.41) is 8.90. The molecular formula is C29H34N4OS. The van der Waals surface area contributed by atoms with Gasteiger partial charge in [0.2, 0.25) is 0 Å². The normalized spacial score (nSPS) is 24.1. The van der Waals surface area contributed by atoms with Crippen molar-refractivity contribution in [3.63, 3.8) is 0 Å². The second kappa shape index (κ2) is 9.96. The SMILES string of the molecule is C=CC1CN2CCC1CC2C(NC(=S)Nc1cc(C)cc(C)c1)c1ccnc2ccc(OC)cc12. The average molecular weight is 487 g/mol. The molecule has 2 aromatic carbocycles. The van der Waals surface area contributed by atoms with Crippen LogP contribution in [-0.2, 0) is 0 Å². The number of anilines is 1. The molecular weight excluding hydrogens is 452 g/mol. The minimum Gasteiger partial charge on any atom is -0.497 e. The van der Waals surface area contributed by atoms with Crippen LogP contribution in [0, 0.1) is 25.7 Å². The summed E-state index contributed by atoms with van der Waals surface area (Å²) in [6.07, 6.45) is 6.40. The quantitative estimate of drug-likeness (QED) is 0.340. The molecule has 35 heavy (non-hydrogen) atoms. The van der Waals surface area contributed by atoms with Crippen molar-refractivity contribution in [1.29, 1.82) is 0 Å². The first-order valence-corrected chi connectivity index (χ1v) is 12.8. The molecule has 0 spiro atoms. The van der Waals surface area contributed by atoms with Gasteiger partial charge < -0.3 is 15.4 Å². The molecule has 5 nitrogen and oxygen atoms in total. The standard InChI is InChI=1S/C29H34N4OS/c1-5-20-17-33-11-9-21(20)15-27(33)28(32-29(35)31-22-13-18(2)12-19(3)14-22)24-8-10-30-26-7-6-23(34-4)16-25(24)26/h5-8,10,12-14,16,20-21,27-28H,1,9,11,15,17H2,2-4H3,(H2,31,32,35). The zero-order valence-electron chi connectivity index (χ0n) is 20.8. The molecule has 3 aromatic rings. The number of benzene rings is 2. The number of aryl methyl sites for hydroxylation is 2. The van der Waals surface area contributed by atoms with Crippen molar-refractivity contribution >= 4 is 33.9 Å². The van der Waals surface area contributed by atoms with Crippen LogP contribution in [-0.4, -0.2) is 41.2 Å². The van der Waals surface area contributed by atoms with E-state index < -0.39 is 0 Å². The van der Waals surface area contributed by atoms with Gasteiger partial charge in [0, 0.05) is 29.9 Å². The van der Waals surface area contributed by atoms with Crippen LogP contribution in [0.1, 0.15) is 35.6 Å². The largest absolute Gasteiger partial charge is 0.497 e. The third-order valence-electron chi connectivity index (χ3n) is 7.62. The van der Waals surface area contributed by atoms with E-state index in [1.807, 2.05) is 18.3 Å². The predicted molar refractivity (Wildman–Crippen MR) is 148 cm³/mol. The Bertz CT molecular complexity index is 1240. The number of thiocarbonyl (C=S) groups is 1. The van der Waals surface area contributed by atoms with Crippen LogP contribution >= 0.6 is 12.2 Å². The lowest BCUT2D eigenvalue weighted by atomic mass is 9.73. The van der Waals surface area contributed by atoms with Gasteiger partial charge in [-0.1, -0.05) is 12.1 Å². The highest BCUT2D eigenvalue weighted by Gasteiger charge is 2.43. The highest BCUT2D eigenvalue weighted by Crippen LogP contribution is 2.42. The molecule has 1 aromatic heterocycles. The van der Waals surface area contributed by atoms with Gasteiger partial charge in [-0.2, -0.15) is 0 Å². The Morgan fingerprint density at radius 3 is 2.69 bits per heavy atom. The molecule has 6 heteroatoms. The smallest absolute Gasteiger partial charge is 0.171 e. The summed E-state index contributed by atoms with van der Waals surface area (Å²) in [6, 6.07) is 15.0. The van der Waals surface area contributed by atoms with Crippen molar-refractivity contribution in [2.24, 2.45) is 11.8 Å². The van der Waals surface area contributed by atoms with E-state index in [0.717, 1.165) is 41.9 Å². The molecule has 0 aliphatic carbocycles. The predicted octanol–water partition coefficient (Wildman–Crippen LogP) is 5.78. The van der Waals surface area contributed by atoms with E-state index in [2.05, 4.69) is 77.4 Å². The number of nitrogens with one attached hydrogen (secondary N) is 2. The number of pyridine rings is 1. The molecule has 2 N–H and O–H groups in total. The van der Waals surface area contributed by atoms with Gasteiger partial charge in [-0.25, -0.2) is 0 Å². The molecule has 3 fully saturated rings. The number of hydrogen-bond acceptors (Lipinski definition) is 4. The molecule has 5 unspecified atom stereocenters. The fourth-order valence-corrected chi connectivity index (χ4v) is 6.25. The monoisotopic (exact) mass is 486 g/mol. The van der Waals surface area contributed by atoms with E-state index in [4.69, 9.17) is 17.0 Å². The second-order valence-electron chi connectivity index (χ2n) is 9.98. The Balaban J connectivity index is 1.51.